The summed E-state index contributed by atoms with van der Waals surface area (Å²) in [4.78, 5) is 23.7. The fourth-order valence-corrected chi connectivity index (χ4v) is 6.71. The molecule has 1 amide bonds. The number of fused-ring (bicyclic) bond motifs is 2. The first-order valence-corrected chi connectivity index (χ1v) is 14.1. The molecule has 39 heavy (non-hydrogen) atoms. The van der Waals surface area contributed by atoms with E-state index in [-0.39, 0.29) is 23.6 Å². The van der Waals surface area contributed by atoms with E-state index in [1.165, 1.54) is 17.1 Å². The molecular weight excluding hydrogens is 505 g/mol. The Kier molecular flexibility index (Phi) is 7.18. The van der Waals surface area contributed by atoms with E-state index in [0.717, 1.165) is 75.8 Å². The van der Waals surface area contributed by atoms with Gasteiger partial charge in [-0.2, -0.15) is 0 Å². The minimum Gasteiger partial charge on any atom is -0.404 e. The molecule has 3 aromatic rings. The van der Waals surface area contributed by atoms with Crippen LogP contribution in [0.15, 0.2) is 48.7 Å². The van der Waals surface area contributed by atoms with Crippen LogP contribution < -0.4 is 14.5 Å². The number of ether oxygens (including phenoxy) is 1. The number of alkyl halides is 3. The highest BCUT2D eigenvalue weighted by Gasteiger charge is 2.40. The van der Waals surface area contributed by atoms with Crippen LogP contribution in [0.1, 0.15) is 44.1 Å². The third-order valence-electron chi connectivity index (χ3n) is 8.61. The van der Waals surface area contributed by atoms with Crippen LogP contribution in [0, 0.1) is 5.92 Å². The number of benzene rings is 2. The van der Waals surface area contributed by atoms with Crippen molar-refractivity contribution in [1.29, 1.82) is 0 Å². The number of hydrogen-bond acceptors (Lipinski definition) is 4. The highest BCUT2D eigenvalue weighted by molar-refractivity contribution is 5.98. The molecule has 0 bridgehead atoms. The van der Waals surface area contributed by atoms with Crippen LogP contribution in [0.5, 0.6) is 5.75 Å². The number of nitrogens with one attached hydrogen (secondary N) is 1. The zero-order chi connectivity index (χ0) is 27.0. The molecule has 2 aliphatic heterocycles. The van der Waals surface area contributed by atoms with Gasteiger partial charge in [0.1, 0.15) is 0 Å². The van der Waals surface area contributed by atoms with Crippen LogP contribution in [0.2, 0.25) is 0 Å². The summed E-state index contributed by atoms with van der Waals surface area (Å²) in [6.45, 7) is 4.01. The molecule has 2 fully saturated rings. The normalized spacial score (nSPS) is 21.3. The van der Waals surface area contributed by atoms with Crippen molar-refractivity contribution in [3.63, 3.8) is 0 Å². The third-order valence-corrected chi connectivity index (χ3v) is 8.61. The number of rotatable bonds is 5. The maximum Gasteiger partial charge on any atom is 0.573 e. The van der Waals surface area contributed by atoms with Crippen molar-refractivity contribution in [2.24, 2.45) is 5.92 Å². The van der Waals surface area contributed by atoms with Gasteiger partial charge in [-0.15, -0.1) is 13.2 Å². The van der Waals surface area contributed by atoms with Crippen molar-refractivity contribution in [3.8, 4) is 5.75 Å². The molecule has 1 atom stereocenters. The molecule has 1 aliphatic carbocycles. The molecular formula is C30H35F3N4O2. The van der Waals surface area contributed by atoms with Crippen LogP contribution >= 0.6 is 0 Å². The average molecular weight is 541 g/mol. The Hall–Kier alpha value is -3.20. The summed E-state index contributed by atoms with van der Waals surface area (Å²) < 4.78 is 44.6. The lowest BCUT2D eigenvalue weighted by molar-refractivity contribution is -0.274. The van der Waals surface area contributed by atoms with Crippen LogP contribution in [-0.4, -0.2) is 60.9 Å². The van der Waals surface area contributed by atoms with Gasteiger partial charge in [-0.05, 0) is 55.5 Å². The number of piperazine rings is 1. The summed E-state index contributed by atoms with van der Waals surface area (Å²) in [5, 5.41) is 1.20. The van der Waals surface area contributed by atoms with Crippen molar-refractivity contribution >= 4 is 28.2 Å². The second-order valence-corrected chi connectivity index (χ2v) is 11.1. The number of halogens is 3. The fraction of sp³-hybridized carbons (Fsp3) is 0.500. The standard InChI is InChI=1S/C30H35F3N4O2/c31-30(32,33)39-27-11-4-8-21-12-13-23(37(28(21)27)29(38)22-6-2-1-3-7-22)20-35-16-18-36(19-17-35)26-10-5-9-25-24(26)14-15-34-25/h4-5,8-11,14-15,22-23,34H,1-3,6-7,12-13,16-20H2. The molecule has 9 heteroatoms. The van der Waals surface area contributed by atoms with E-state index in [0.29, 0.717) is 18.7 Å². The maximum atomic E-state index is 14.0. The van der Waals surface area contributed by atoms with Gasteiger partial charge in [0.15, 0.2) is 5.75 Å². The van der Waals surface area contributed by atoms with E-state index in [2.05, 4.69) is 43.8 Å². The Morgan fingerprint density at radius 1 is 0.949 bits per heavy atom. The summed E-state index contributed by atoms with van der Waals surface area (Å²) in [5.41, 5.74) is 3.40. The van der Waals surface area contributed by atoms with Crippen molar-refractivity contribution in [2.45, 2.75) is 57.3 Å². The second-order valence-electron chi connectivity index (χ2n) is 11.1. The SMILES string of the molecule is O=C(C1CCCCC1)N1c2c(cccc2OC(F)(F)F)CCC1CN1CCN(c2cccc3[nH]ccc23)CC1. The number of carbonyl (C=O) groups excluding carboxylic acids is 1. The first-order valence-electron chi connectivity index (χ1n) is 14.1. The lowest BCUT2D eigenvalue weighted by Gasteiger charge is -2.44. The molecule has 6 nitrogen and oxygen atoms in total. The Morgan fingerprint density at radius 3 is 2.49 bits per heavy atom. The molecule has 1 N–H and O–H groups in total. The van der Waals surface area contributed by atoms with E-state index < -0.39 is 6.36 Å². The third kappa shape index (κ3) is 5.46. The number of carbonyl (C=O) groups is 1. The van der Waals surface area contributed by atoms with Crippen molar-refractivity contribution in [1.82, 2.24) is 9.88 Å². The first-order chi connectivity index (χ1) is 18.9. The van der Waals surface area contributed by atoms with Crippen molar-refractivity contribution < 1.29 is 22.7 Å². The predicted octanol–water partition coefficient (Wildman–Crippen LogP) is 6.12. The summed E-state index contributed by atoms with van der Waals surface area (Å²) in [6.07, 6.45) is 3.15. The number of hydrogen-bond donors (Lipinski definition) is 1. The average Bonchev–Trinajstić information content (AvgIpc) is 3.42. The van der Waals surface area contributed by atoms with Gasteiger partial charge < -0.3 is 19.5 Å². The van der Waals surface area contributed by atoms with Crippen LogP contribution in [0.4, 0.5) is 24.5 Å². The Morgan fingerprint density at radius 2 is 1.72 bits per heavy atom. The van der Waals surface area contributed by atoms with Crippen LogP contribution in [0.25, 0.3) is 10.9 Å². The summed E-state index contributed by atoms with van der Waals surface area (Å²) in [5.74, 6) is -0.459. The number of amides is 1. The van der Waals surface area contributed by atoms with Crippen molar-refractivity contribution in [2.75, 3.05) is 42.5 Å². The van der Waals surface area contributed by atoms with E-state index in [1.807, 2.05) is 12.3 Å². The molecule has 3 aliphatic rings. The molecule has 0 radical (unpaired) electrons. The lowest BCUT2D eigenvalue weighted by Crippen LogP contribution is -2.55. The number of aromatic nitrogens is 1. The number of H-pyrrole nitrogens is 1. The highest BCUT2D eigenvalue weighted by Crippen LogP contribution is 2.43. The van der Waals surface area contributed by atoms with Gasteiger partial charge in [0.25, 0.3) is 0 Å². The molecule has 6 rings (SSSR count). The molecule has 0 spiro atoms. The van der Waals surface area contributed by atoms with Crippen molar-refractivity contribution in [3.05, 3.63) is 54.2 Å². The van der Waals surface area contributed by atoms with Gasteiger partial charge in [-0.25, -0.2) is 0 Å². The monoisotopic (exact) mass is 540 g/mol. The van der Waals surface area contributed by atoms with E-state index in [9.17, 15) is 18.0 Å². The number of aromatic amines is 1. The molecule has 1 aromatic heterocycles. The topological polar surface area (TPSA) is 51.8 Å². The van der Waals surface area contributed by atoms with Crippen LogP contribution in [-0.2, 0) is 11.2 Å². The fourth-order valence-electron chi connectivity index (χ4n) is 6.71. The van der Waals surface area contributed by atoms with Crippen LogP contribution in [0.3, 0.4) is 0 Å². The Bertz CT molecular complexity index is 1310. The zero-order valence-corrected chi connectivity index (χ0v) is 22.1. The number of nitrogens with zero attached hydrogens (tertiary/aromatic N) is 3. The highest BCUT2D eigenvalue weighted by atomic mass is 19.4. The lowest BCUT2D eigenvalue weighted by atomic mass is 9.86. The zero-order valence-electron chi connectivity index (χ0n) is 22.1. The summed E-state index contributed by atoms with van der Waals surface area (Å²) >= 11 is 0. The van der Waals surface area contributed by atoms with Gasteiger partial charge in [0.2, 0.25) is 5.91 Å². The molecule has 2 aromatic carbocycles. The van der Waals surface area contributed by atoms with Gasteiger partial charge in [-0.3, -0.25) is 9.69 Å². The summed E-state index contributed by atoms with van der Waals surface area (Å²) in [7, 11) is 0. The number of para-hydroxylation sites is 1. The molecule has 1 saturated carbocycles. The second kappa shape index (κ2) is 10.8. The molecule has 208 valence electrons. The number of anilines is 2. The van der Waals surface area contributed by atoms with Gasteiger partial charge in [-0.1, -0.05) is 37.5 Å². The van der Waals surface area contributed by atoms with Gasteiger partial charge in [0.05, 0.1) is 11.7 Å². The van der Waals surface area contributed by atoms with Gasteiger partial charge >= 0.3 is 6.36 Å². The number of aryl methyl sites for hydroxylation is 1. The smallest absolute Gasteiger partial charge is 0.404 e. The minimum atomic E-state index is -4.82. The molecule has 1 saturated heterocycles. The van der Waals surface area contributed by atoms with Gasteiger partial charge in [0, 0.05) is 61.4 Å². The quantitative estimate of drug-likeness (QED) is 0.424. The molecule has 3 heterocycles. The molecule has 1 unspecified atom stereocenters. The predicted molar refractivity (Wildman–Crippen MR) is 146 cm³/mol. The van der Waals surface area contributed by atoms with E-state index in [4.69, 9.17) is 0 Å². The largest absolute Gasteiger partial charge is 0.573 e. The van der Waals surface area contributed by atoms with E-state index in [1.54, 1.807) is 11.0 Å². The van der Waals surface area contributed by atoms with E-state index >= 15 is 0 Å². The minimum absolute atomic E-state index is 0.0448. The maximum absolute atomic E-state index is 14.0. The summed E-state index contributed by atoms with van der Waals surface area (Å²) in [6, 6.07) is 13.0. The Labute approximate surface area is 226 Å². The first kappa shape index (κ1) is 26.0. The Balaban J connectivity index is 1.23.